The van der Waals surface area contributed by atoms with Gasteiger partial charge in [0.15, 0.2) is 0 Å². The molecule has 164 valence electrons. The highest BCUT2D eigenvalue weighted by molar-refractivity contribution is 5.92. The van der Waals surface area contributed by atoms with E-state index < -0.39 is 4.92 Å². The number of fused-ring (bicyclic) bond motifs is 1. The van der Waals surface area contributed by atoms with Crippen molar-refractivity contribution in [3.05, 3.63) is 88.0 Å². The predicted molar refractivity (Wildman–Crippen MR) is 121 cm³/mol. The van der Waals surface area contributed by atoms with Crippen molar-refractivity contribution in [3.8, 4) is 0 Å². The summed E-state index contributed by atoms with van der Waals surface area (Å²) in [6.45, 7) is 3.43. The molecule has 0 radical (unpaired) electrons. The third-order valence-corrected chi connectivity index (χ3v) is 6.48. The summed E-state index contributed by atoms with van der Waals surface area (Å²) in [5.74, 6) is 1.42. The molecular weight excluding hydrogens is 406 g/mol. The lowest BCUT2D eigenvalue weighted by molar-refractivity contribution is -0.384. The van der Waals surface area contributed by atoms with Crippen LogP contribution in [-0.2, 0) is 13.0 Å². The van der Waals surface area contributed by atoms with Crippen LogP contribution in [0.4, 0.5) is 11.4 Å². The van der Waals surface area contributed by atoms with Gasteiger partial charge in [0.2, 0.25) is 0 Å². The van der Waals surface area contributed by atoms with E-state index in [0.717, 1.165) is 30.9 Å². The van der Waals surface area contributed by atoms with Crippen LogP contribution in [0.25, 0.3) is 0 Å². The molecule has 1 amide bonds. The van der Waals surface area contributed by atoms with Crippen molar-refractivity contribution in [1.82, 2.24) is 14.5 Å². The van der Waals surface area contributed by atoms with Crippen LogP contribution in [0.1, 0.15) is 34.2 Å². The second-order valence-electron chi connectivity index (χ2n) is 8.39. The van der Waals surface area contributed by atoms with Gasteiger partial charge in [0.1, 0.15) is 11.5 Å². The number of piperazine rings is 1. The van der Waals surface area contributed by atoms with Gasteiger partial charge >= 0.3 is 0 Å². The smallest absolute Gasteiger partial charge is 0.274 e. The van der Waals surface area contributed by atoms with Gasteiger partial charge < -0.3 is 14.4 Å². The first-order chi connectivity index (χ1) is 15.6. The number of hydrogen-bond acceptors (Lipinski definition) is 5. The molecule has 0 spiro atoms. The van der Waals surface area contributed by atoms with Gasteiger partial charge in [-0.05, 0) is 24.1 Å². The Hall–Kier alpha value is -3.68. The fourth-order valence-corrected chi connectivity index (χ4v) is 4.66. The molecule has 0 aliphatic carbocycles. The molecule has 2 aromatic carbocycles. The maximum absolute atomic E-state index is 13.1. The fourth-order valence-electron chi connectivity index (χ4n) is 4.66. The van der Waals surface area contributed by atoms with Crippen LogP contribution < -0.4 is 4.90 Å². The van der Waals surface area contributed by atoms with Crippen molar-refractivity contribution >= 4 is 17.3 Å². The molecule has 1 atom stereocenters. The Labute approximate surface area is 186 Å². The van der Waals surface area contributed by atoms with Crippen LogP contribution >= 0.6 is 0 Å². The van der Waals surface area contributed by atoms with Gasteiger partial charge in [-0.15, -0.1) is 0 Å². The highest BCUT2D eigenvalue weighted by Gasteiger charge is 2.27. The first kappa shape index (κ1) is 20.2. The van der Waals surface area contributed by atoms with Gasteiger partial charge in [0.05, 0.1) is 4.92 Å². The molecule has 2 aliphatic rings. The van der Waals surface area contributed by atoms with Gasteiger partial charge in [-0.1, -0.05) is 30.3 Å². The van der Waals surface area contributed by atoms with E-state index in [0.29, 0.717) is 37.8 Å². The predicted octanol–water partition coefficient (Wildman–Crippen LogP) is 3.48. The normalized spacial score (nSPS) is 18.3. The molecule has 5 rings (SSSR count). The standard InChI is InChI=1S/C24H25N5O3/c30-24(27-14-12-26(13-15-27)20-7-9-21(10-8-20)29(31)32)22-17-28-16-19(6-11-23(28)25-22)18-4-2-1-3-5-18/h1-5,7-10,17,19H,6,11-16H2. The quantitative estimate of drug-likeness (QED) is 0.466. The largest absolute Gasteiger partial charge is 0.368 e. The van der Waals surface area contributed by atoms with Gasteiger partial charge in [-0.2, -0.15) is 0 Å². The van der Waals surface area contributed by atoms with Crippen LogP contribution in [-0.4, -0.2) is 51.5 Å². The lowest BCUT2D eigenvalue weighted by atomic mass is 9.92. The summed E-state index contributed by atoms with van der Waals surface area (Å²) in [6.07, 6.45) is 3.83. The summed E-state index contributed by atoms with van der Waals surface area (Å²) < 4.78 is 2.14. The van der Waals surface area contributed by atoms with E-state index in [1.807, 2.05) is 17.2 Å². The topological polar surface area (TPSA) is 84.5 Å². The van der Waals surface area contributed by atoms with E-state index >= 15 is 0 Å². The fraction of sp³-hybridized carbons (Fsp3) is 0.333. The Morgan fingerprint density at radius 3 is 2.41 bits per heavy atom. The zero-order valence-electron chi connectivity index (χ0n) is 17.8. The molecule has 8 heteroatoms. The SMILES string of the molecule is O=C(c1cn2c(n1)CCC(c1ccccc1)C2)N1CCN(c2ccc([N+](=O)[O-])cc2)CC1. The molecule has 8 nitrogen and oxygen atoms in total. The summed E-state index contributed by atoms with van der Waals surface area (Å²) in [7, 11) is 0. The summed E-state index contributed by atoms with van der Waals surface area (Å²) in [4.78, 5) is 32.2. The van der Waals surface area contributed by atoms with Crippen molar-refractivity contribution in [2.24, 2.45) is 0 Å². The molecule has 1 saturated heterocycles. The summed E-state index contributed by atoms with van der Waals surface area (Å²) in [6, 6.07) is 17.1. The number of benzene rings is 2. The van der Waals surface area contributed by atoms with E-state index in [2.05, 4.69) is 38.7 Å². The van der Waals surface area contributed by atoms with Crippen molar-refractivity contribution in [2.45, 2.75) is 25.3 Å². The average Bonchev–Trinajstić information content (AvgIpc) is 3.28. The summed E-state index contributed by atoms with van der Waals surface area (Å²) in [5.41, 5.74) is 2.88. The van der Waals surface area contributed by atoms with Crippen molar-refractivity contribution in [3.63, 3.8) is 0 Å². The second kappa shape index (κ2) is 8.45. The van der Waals surface area contributed by atoms with E-state index in [4.69, 9.17) is 0 Å². The van der Waals surface area contributed by atoms with Crippen LogP contribution in [0.5, 0.6) is 0 Å². The van der Waals surface area contributed by atoms with Crippen molar-refractivity contribution < 1.29 is 9.72 Å². The first-order valence-electron chi connectivity index (χ1n) is 11.0. The van der Waals surface area contributed by atoms with Crippen LogP contribution in [0, 0.1) is 10.1 Å². The molecule has 0 N–H and O–H groups in total. The Bertz CT molecular complexity index is 1120. The Morgan fingerprint density at radius 2 is 1.72 bits per heavy atom. The van der Waals surface area contributed by atoms with E-state index in [-0.39, 0.29) is 11.6 Å². The molecular formula is C24H25N5O3. The monoisotopic (exact) mass is 431 g/mol. The molecule has 2 aliphatic heterocycles. The number of anilines is 1. The first-order valence-corrected chi connectivity index (χ1v) is 11.0. The number of aromatic nitrogens is 2. The van der Waals surface area contributed by atoms with Gasteiger partial charge in [0, 0.05) is 69.1 Å². The maximum atomic E-state index is 13.1. The third kappa shape index (κ3) is 3.95. The minimum absolute atomic E-state index is 0.0217. The molecule has 0 saturated carbocycles. The lowest BCUT2D eigenvalue weighted by Gasteiger charge is -2.35. The molecule has 1 unspecified atom stereocenters. The van der Waals surface area contributed by atoms with E-state index in [1.54, 1.807) is 12.1 Å². The third-order valence-electron chi connectivity index (χ3n) is 6.48. The number of nitro benzene ring substituents is 1. The number of nitrogens with zero attached hydrogens (tertiary/aromatic N) is 5. The van der Waals surface area contributed by atoms with Crippen LogP contribution in [0.3, 0.4) is 0 Å². The van der Waals surface area contributed by atoms with Gasteiger partial charge in [0.25, 0.3) is 11.6 Å². The number of nitro groups is 1. The number of carbonyl (C=O) groups excluding carboxylic acids is 1. The van der Waals surface area contributed by atoms with Crippen molar-refractivity contribution in [1.29, 1.82) is 0 Å². The minimum atomic E-state index is -0.396. The zero-order valence-corrected chi connectivity index (χ0v) is 17.8. The molecule has 3 aromatic rings. The molecule has 32 heavy (non-hydrogen) atoms. The number of non-ortho nitro benzene ring substituents is 1. The average molecular weight is 431 g/mol. The Balaban J connectivity index is 1.22. The van der Waals surface area contributed by atoms with Crippen LogP contribution in [0.2, 0.25) is 0 Å². The number of imidazole rings is 1. The summed E-state index contributed by atoms with van der Waals surface area (Å²) in [5, 5.41) is 10.8. The van der Waals surface area contributed by atoms with E-state index in [9.17, 15) is 14.9 Å². The maximum Gasteiger partial charge on any atom is 0.274 e. The highest BCUT2D eigenvalue weighted by atomic mass is 16.6. The second-order valence-corrected chi connectivity index (χ2v) is 8.39. The molecule has 1 aromatic heterocycles. The van der Waals surface area contributed by atoms with Crippen molar-refractivity contribution in [2.75, 3.05) is 31.1 Å². The van der Waals surface area contributed by atoms with Gasteiger partial charge in [-0.3, -0.25) is 14.9 Å². The Morgan fingerprint density at radius 1 is 1.00 bits per heavy atom. The minimum Gasteiger partial charge on any atom is -0.368 e. The highest BCUT2D eigenvalue weighted by Crippen LogP contribution is 2.29. The van der Waals surface area contributed by atoms with Crippen LogP contribution in [0.15, 0.2) is 60.8 Å². The molecule has 3 heterocycles. The summed E-state index contributed by atoms with van der Waals surface area (Å²) >= 11 is 0. The van der Waals surface area contributed by atoms with E-state index in [1.165, 1.54) is 17.7 Å². The Kier molecular flexibility index (Phi) is 5.34. The molecule has 1 fully saturated rings. The number of hydrogen-bond donors (Lipinski definition) is 0. The number of aryl methyl sites for hydroxylation is 1. The zero-order chi connectivity index (χ0) is 22.1. The number of amides is 1. The number of rotatable bonds is 4. The molecule has 0 bridgehead atoms. The van der Waals surface area contributed by atoms with Gasteiger partial charge in [-0.25, -0.2) is 4.98 Å². The lowest BCUT2D eigenvalue weighted by Crippen LogP contribution is -2.48. The number of carbonyl (C=O) groups is 1.